The average molecular weight is 1690 g/mol. The summed E-state index contributed by atoms with van der Waals surface area (Å²) in [7, 11) is 0. The van der Waals surface area contributed by atoms with Crippen LogP contribution in [0.1, 0.15) is 57.0 Å². The van der Waals surface area contributed by atoms with Crippen molar-refractivity contribution in [2.24, 2.45) is 25.0 Å². The summed E-state index contributed by atoms with van der Waals surface area (Å²) in [5.41, 5.74) is 18.0. The number of benzene rings is 15. The molecule has 0 radical (unpaired) electrons. The van der Waals surface area contributed by atoms with E-state index < -0.39 is 17.7 Å². The molecule has 15 nitrogen and oxygen atoms in total. The maximum Gasteiger partial charge on any atom is 0.416 e. The van der Waals surface area contributed by atoms with Crippen LogP contribution in [0.5, 0.6) is 0 Å². The van der Waals surface area contributed by atoms with Crippen LogP contribution in [0.2, 0.25) is 5.02 Å². The van der Waals surface area contributed by atoms with Crippen LogP contribution in [0.25, 0.3) is 0 Å². The SMILES string of the molecule is CC(F)(F)c1cccc(N=C2C(=O)N(c3ccccc3)c3ccccc32)c1.Cc1ccc(N=C2C(=O)N(c3ccccc3)c3ccccc32)cc1.Cc1ccc(N=C2C(=O)N(c3ccccc3)c3ccccc32)cc1.O=C1C(=Nc2ccc(C(F)(F)F)cc2)c2ccccc2N1c1ccccc1.O=C1C(=Nc2cccc(Cl)c2)c2ccccc2N1c1ccccc1. The van der Waals surface area contributed by atoms with E-state index in [1.165, 1.54) is 41.5 Å². The van der Waals surface area contributed by atoms with E-state index in [2.05, 4.69) is 25.0 Å². The number of anilines is 10. The summed E-state index contributed by atoms with van der Waals surface area (Å²) in [6.07, 6.45) is -4.41. The lowest BCUT2D eigenvalue weighted by atomic mass is 10.1. The number of fused-ring (bicyclic) bond motifs is 5. The van der Waals surface area contributed by atoms with Gasteiger partial charge in [-0.2, -0.15) is 13.2 Å². The molecule has 0 aromatic heterocycles. The number of aliphatic imine (C=N–C) groups is 5. The highest BCUT2D eigenvalue weighted by molar-refractivity contribution is 6.59. The zero-order valence-electron chi connectivity index (χ0n) is 67.8. The molecule has 15 aromatic rings. The normalized spacial score (nSPS) is 15.1. The Morgan fingerprint density at radius 2 is 0.468 bits per heavy atom. The second-order valence-corrected chi connectivity index (χ2v) is 29.8. The highest BCUT2D eigenvalue weighted by Gasteiger charge is 2.40. The van der Waals surface area contributed by atoms with E-state index >= 15 is 0 Å². The third kappa shape index (κ3) is 18.1. The van der Waals surface area contributed by atoms with Crippen molar-refractivity contribution in [2.45, 2.75) is 32.9 Å². The Balaban J connectivity index is 0.000000116. The fourth-order valence-electron chi connectivity index (χ4n) is 14.7. The van der Waals surface area contributed by atoms with Gasteiger partial charge in [0, 0.05) is 73.8 Å². The molecule has 0 saturated heterocycles. The van der Waals surface area contributed by atoms with Crippen molar-refractivity contribution in [1.29, 1.82) is 0 Å². The number of amides is 5. The molecule has 0 N–H and O–H groups in total. The number of alkyl halides is 5. The fourth-order valence-corrected chi connectivity index (χ4v) is 14.9. The molecule has 0 spiro atoms. The van der Waals surface area contributed by atoms with E-state index in [9.17, 15) is 45.9 Å². The van der Waals surface area contributed by atoms with Crippen LogP contribution in [0.15, 0.2) is 419 Å². The summed E-state index contributed by atoms with van der Waals surface area (Å²) in [5, 5.41) is 0.593. The quantitative estimate of drug-likeness (QED) is 0.118. The van der Waals surface area contributed by atoms with Crippen molar-refractivity contribution in [2.75, 3.05) is 24.5 Å². The maximum absolute atomic E-state index is 13.6. The van der Waals surface area contributed by atoms with Gasteiger partial charge >= 0.3 is 6.18 Å². The van der Waals surface area contributed by atoms with E-state index in [0.29, 0.717) is 56.0 Å². The summed E-state index contributed by atoms with van der Waals surface area (Å²) in [4.78, 5) is 96.0. The molecule has 20 rings (SSSR count). The molecular weight excluding hydrogens is 1610 g/mol. The Hall–Kier alpha value is -16.1. The standard InChI is InChI=1S/C22H16F2N2O.C21H13F3N2O.2C21H16N2O.C20H13ClN2O/c1-22(23,24)15-8-7-9-16(14-15)25-20-18-12-5-6-13-19(18)26(21(20)27)17-10-3-2-4-11-17;22-21(23,24)14-10-12-15(13-11-14)25-19-17-8-4-5-9-18(17)26(20(19)27)16-6-2-1-3-7-16;2*1-15-11-13-16(14-12-15)22-20-18-9-5-6-10-19(18)23(21(20)24)17-7-3-2-4-8-17;21-14-7-6-8-15(13-14)22-19-17-11-4-5-12-18(17)23(20(19)24)16-9-2-1-3-10-16/h2-14H,1H3;1-13H;2*2-14H,1H3;1-13H. The van der Waals surface area contributed by atoms with Crippen LogP contribution < -0.4 is 24.5 Å². The molecule has 5 aliphatic rings. The predicted octanol–water partition coefficient (Wildman–Crippen LogP) is 25.8. The number of para-hydroxylation sites is 10. The largest absolute Gasteiger partial charge is 0.416 e. The van der Waals surface area contributed by atoms with Gasteiger partial charge in [0.1, 0.15) is 28.6 Å². The lowest BCUT2D eigenvalue weighted by molar-refractivity contribution is -0.137. The van der Waals surface area contributed by atoms with Crippen molar-refractivity contribution < 1.29 is 45.9 Å². The minimum atomic E-state index is -4.41. The van der Waals surface area contributed by atoms with Gasteiger partial charge in [-0.05, 0) is 184 Å². The molecule has 5 amide bonds. The van der Waals surface area contributed by atoms with Gasteiger partial charge in [0.05, 0.1) is 62.4 Å². The van der Waals surface area contributed by atoms with Crippen molar-refractivity contribution >= 4 is 155 Å². The zero-order valence-corrected chi connectivity index (χ0v) is 68.6. The van der Waals surface area contributed by atoms with E-state index in [4.69, 9.17) is 11.6 Å². The molecule has 15 aromatic carbocycles. The van der Waals surface area contributed by atoms with Crippen LogP contribution in [-0.2, 0) is 36.1 Å². The molecule has 126 heavy (non-hydrogen) atoms. The van der Waals surface area contributed by atoms with Crippen molar-refractivity contribution in [3.05, 3.63) is 449 Å². The summed E-state index contributed by atoms with van der Waals surface area (Å²) in [5.74, 6) is -3.89. The summed E-state index contributed by atoms with van der Waals surface area (Å²) >= 11 is 6.03. The first-order chi connectivity index (χ1) is 61.1. The number of carbonyl (C=O) groups is 5. The Morgan fingerprint density at radius 1 is 0.238 bits per heavy atom. The molecule has 21 heteroatoms. The number of aryl methyl sites for hydroxylation is 2. The zero-order chi connectivity index (χ0) is 87.6. The monoisotopic (exact) mass is 1680 g/mol. The smallest absolute Gasteiger partial charge is 0.275 e. The first-order valence-electron chi connectivity index (χ1n) is 40.0. The summed E-state index contributed by atoms with van der Waals surface area (Å²) in [6.45, 7) is 4.90. The van der Waals surface area contributed by atoms with Gasteiger partial charge in [0.15, 0.2) is 0 Å². The van der Waals surface area contributed by atoms with Gasteiger partial charge in [-0.25, -0.2) is 33.7 Å². The van der Waals surface area contributed by atoms with Crippen LogP contribution in [-0.4, -0.2) is 58.1 Å². The van der Waals surface area contributed by atoms with Gasteiger partial charge in [-0.1, -0.05) is 247 Å². The molecule has 0 bridgehead atoms. The molecule has 0 unspecified atom stereocenters. The number of rotatable bonds is 11. The Bertz CT molecular complexity index is 6620. The average Bonchev–Trinajstić information content (AvgIpc) is 1.64. The fraction of sp³-hybridized carbons (Fsp3) is 0.0476. The number of halogens is 6. The number of hydrogen-bond donors (Lipinski definition) is 0. The summed E-state index contributed by atoms with van der Waals surface area (Å²) < 4.78 is 65.4. The Morgan fingerprint density at radius 3 is 0.722 bits per heavy atom. The van der Waals surface area contributed by atoms with Crippen molar-refractivity contribution in [3.8, 4) is 0 Å². The number of carbonyl (C=O) groups excluding carboxylic acids is 5. The van der Waals surface area contributed by atoms with Crippen LogP contribution in [0.3, 0.4) is 0 Å². The van der Waals surface area contributed by atoms with Crippen molar-refractivity contribution in [1.82, 2.24) is 0 Å². The lowest BCUT2D eigenvalue weighted by Crippen LogP contribution is -2.25. The van der Waals surface area contributed by atoms with Gasteiger partial charge in [-0.15, -0.1) is 0 Å². The third-order valence-corrected chi connectivity index (χ3v) is 21.0. The first-order valence-corrected chi connectivity index (χ1v) is 40.4. The molecule has 5 heterocycles. The highest BCUT2D eigenvalue weighted by atomic mass is 35.5. The predicted molar refractivity (Wildman–Crippen MR) is 492 cm³/mol. The van der Waals surface area contributed by atoms with Gasteiger partial charge < -0.3 is 0 Å². The van der Waals surface area contributed by atoms with E-state index in [0.717, 1.165) is 92.6 Å². The van der Waals surface area contributed by atoms with Crippen LogP contribution in [0.4, 0.5) is 107 Å². The maximum atomic E-state index is 13.6. The van der Waals surface area contributed by atoms with Crippen LogP contribution >= 0.6 is 11.6 Å². The third-order valence-electron chi connectivity index (χ3n) is 20.7. The first kappa shape index (κ1) is 83.6. The van der Waals surface area contributed by atoms with E-state index in [1.807, 2.05) is 335 Å². The molecule has 616 valence electrons. The lowest BCUT2D eigenvalue weighted by Gasteiger charge is -2.16. The van der Waals surface area contributed by atoms with Crippen LogP contribution in [0, 0.1) is 13.8 Å². The molecular formula is C105H74ClF5N10O5. The minimum absolute atomic E-state index is 0.0945. The van der Waals surface area contributed by atoms with Crippen molar-refractivity contribution in [3.63, 3.8) is 0 Å². The van der Waals surface area contributed by atoms with E-state index in [-0.39, 0.29) is 52.2 Å². The van der Waals surface area contributed by atoms with Gasteiger partial charge in [-0.3, -0.25) is 48.5 Å². The number of hydrogen-bond acceptors (Lipinski definition) is 10. The van der Waals surface area contributed by atoms with Gasteiger partial charge in [0.2, 0.25) is 0 Å². The molecule has 0 saturated carbocycles. The molecule has 5 aliphatic heterocycles. The van der Waals surface area contributed by atoms with E-state index in [1.54, 1.807) is 54.8 Å². The molecule has 0 aliphatic carbocycles. The highest BCUT2D eigenvalue weighted by Crippen LogP contribution is 2.44. The Kier molecular flexibility index (Phi) is 24.4. The Labute approximate surface area is 728 Å². The minimum Gasteiger partial charge on any atom is -0.275 e. The molecule has 0 fully saturated rings. The topological polar surface area (TPSA) is 163 Å². The number of nitrogens with zero attached hydrogens (tertiary/aromatic N) is 10. The second-order valence-electron chi connectivity index (χ2n) is 29.4. The molecule has 0 atom stereocenters. The summed E-state index contributed by atoms with van der Waals surface area (Å²) in [6, 6.07) is 118. The van der Waals surface area contributed by atoms with Gasteiger partial charge in [0.25, 0.3) is 35.5 Å². The second kappa shape index (κ2) is 36.7.